The Morgan fingerprint density at radius 3 is 2.24 bits per heavy atom. The highest BCUT2D eigenvalue weighted by atomic mass is 127. The Morgan fingerprint density at radius 1 is 1.00 bits per heavy atom. The van der Waals surface area contributed by atoms with E-state index in [1.165, 1.54) is 11.1 Å². The second-order valence-electron chi connectivity index (χ2n) is 6.75. The van der Waals surface area contributed by atoms with Crippen LogP contribution in [-0.2, 0) is 32.5 Å². The van der Waals surface area contributed by atoms with Crippen molar-refractivity contribution < 1.29 is 4.52 Å². The second kappa shape index (κ2) is 13.6. The van der Waals surface area contributed by atoms with Crippen molar-refractivity contribution >= 4 is 29.9 Å². The van der Waals surface area contributed by atoms with Crippen LogP contribution in [0.4, 0.5) is 0 Å². The zero-order valence-electron chi connectivity index (χ0n) is 18.4. The SMILES string of the molecule is CCc1noc(CC)c1CNC(=NC)NCc1ccccc1CN(CC)CC.I. The fourth-order valence-corrected chi connectivity index (χ4v) is 3.28. The molecule has 6 nitrogen and oxygen atoms in total. The minimum atomic E-state index is 0. The van der Waals surface area contributed by atoms with Gasteiger partial charge in [-0.3, -0.25) is 9.89 Å². The highest BCUT2D eigenvalue weighted by molar-refractivity contribution is 14.0. The fourth-order valence-electron chi connectivity index (χ4n) is 3.28. The first-order chi connectivity index (χ1) is 13.7. The number of rotatable bonds is 10. The minimum absolute atomic E-state index is 0. The summed E-state index contributed by atoms with van der Waals surface area (Å²) in [6.45, 7) is 13.1. The van der Waals surface area contributed by atoms with Crippen molar-refractivity contribution in [3.05, 3.63) is 52.4 Å². The molecule has 2 aromatic rings. The molecule has 0 unspecified atom stereocenters. The van der Waals surface area contributed by atoms with Crippen molar-refractivity contribution in [3.63, 3.8) is 0 Å². The van der Waals surface area contributed by atoms with E-state index in [0.717, 1.165) is 62.0 Å². The van der Waals surface area contributed by atoms with Crippen LogP contribution >= 0.6 is 24.0 Å². The number of benzene rings is 1. The number of nitrogens with one attached hydrogen (secondary N) is 2. The van der Waals surface area contributed by atoms with Crippen molar-refractivity contribution in [3.8, 4) is 0 Å². The van der Waals surface area contributed by atoms with Gasteiger partial charge in [0.15, 0.2) is 5.96 Å². The molecule has 1 aromatic carbocycles. The van der Waals surface area contributed by atoms with Crippen LogP contribution in [-0.4, -0.2) is 36.2 Å². The molecule has 0 amide bonds. The maximum absolute atomic E-state index is 5.45. The number of hydrogen-bond donors (Lipinski definition) is 2. The lowest BCUT2D eigenvalue weighted by Crippen LogP contribution is -2.37. The first kappa shape index (κ1) is 25.4. The monoisotopic (exact) mass is 513 g/mol. The third-order valence-electron chi connectivity index (χ3n) is 5.12. The molecule has 0 fully saturated rings. The van der Waals surface area contributed by atoms with Gasteiger partial charge in [-0.25, -0.2) is 0 Å². The van der Waals surface area contributed by atoms with Gasteiger partial charge in [0.25, 0.3) is 0 Å². The maximum atomic E-state index is 5.45. The zero-order chi connectivity index (χ0) is 20.4. The largest absolute Gasteiger partial charge is 0.361 e. The van der Waals surface area contributed by atoms with E-state index in [2.05, 4.69) is 77.6 Å². The number of halogens is 1. The average Bonchev–Trinajstić information content (AvgIpc) is 3.14. The average molecular weight is 513 g/mol. The van der Waals surface area contributed by atoms with Crippen molar-refractivity contribution in [2.45, 2.75) is 60.2 Å². The molecule has 0 aliphatic heterocycles. The number of hydrogen-bond acceptors (Lipinski definition) is 4. The van der Waals surface area contributed by atoms with Crippen molar-refractivity contribution in [2.24, 2.45) is 4.99 Å². The first-order valence-corrected chi connectivity index (χ1v) is 10.4. The number of aryl methyl sites for hydroxylation is 2. The van der Waals surface area contributed by atoms with E-state index in [1.807, 2.05) is 0 Å². The van der Waals surface area contributed by atoms with Crippen molar-refractivity contribution in [1.82, 2.24) is 20.7 Å². The molecule has 0 saturated carbocycles. The van der Waals surface area contributed by atoms with Crippen LogP contribution in [0.15, 0.2) is 33.8 Å². The predicted octanol–water partition coefficient (Wildman–Crippen LogP) is 4.12. The molecular formula is C22H36IN5O. The van der Waals surface area contributed by atoms with Crippen molar-refractivity contribution in [2.75, 3.05) is 20.1 Å². The first-order valence-electron chi connectivity index (χ1n) is 10.4. The van der Waals surface area contributed by atoms with E-state index in [-0.39, 0.29) is 24.0 Å². The van der Waals surface area contributed by atoms with Crippen LogP contribution < -0.4 is 10.6 Å². The van der Waals surface area contributed by atoms with Gasteiger partial charge in [0.1, 0.15) is 5.76 Å². The second-order valence-corrected chi connectivity index (χ2v) is 6.75. The molecule has 0 bridgehead atoms. The van der Waals surface area contributed by atoms with Gasteiger partial charge in [-0.2, -0.15) is 0 Å². The lowest BCUT2D eigenvalue weighted by atomic mass is 10.1. The van der Waals surface area contributed by atoms with Gasteiger partial charge in [0, 0.05) is 38.7 Å². The van der Waals surface area contributed by atoms with E-state index in [0.29, 0.717) is 6.54 Å². The fraction of sp³-hybridized carbons (Fsp3) is 0.545. The highest BCUT2D eigenvalue weighted by Gasteiger charge is 2.14. The Kier molecular flexibility index (Phi) is 11.9. The van der Waals surface area contributed by atoms with Gasteiger partial charge in [0.05, 0.1) is 5.69 Å². The minimum Gasteiger partial charge on any atom is -0.361 e. The van der Waals surface area contributed by atoms with E-state index in [1.54, 1.807) is 7.05 Å². The van der Waals surface area contributed by atoms with Gasteiger partial charge in [-0.15, -0.1) is 24.0 Å². The van der Waals surface area contributed by atoms with Gasteiger partial charge in [-0.1, -0.05) is 57.1 Å². The molecule has 0 spiro atoms. The Hall–Kier alpha value is -1.61. The summed E-state index contributed by atoms with van der Waals surface area (Å²) in [5.74, 6) is 1.73. The lowest BCUT2D eigenvalue weighted by molar-refractivity contribution is 0.295. The molecule has 0 aliphatic carbocycles. The molecule has 2 N–H and O–H groups in total. The smallest absolute Gasteiger partial charge is 0.191 e. The van der Waals surface area contributed by atoms with Gasteiger partial charge >= 0.3 is 0 Å². The molecule has 0 radical (unpaired) electrons. The molecule has 162 valence electrons. The number of guanidine groups is 1. The van der Waals surface area contributed by atoms with E-state index in [4.69, 9.17) is 4.52 Å². The molecule has 2 rings (SSSR count). The summed E-state index contributed by atoms with van der Waals surface area (Å²) in [7, 11) is 1.80. The molecule has 0 saturated heterocycles. The van der Waals surface area contributed by atoms with E-state index >= 15 is 0 Å². The van der Waals surface area contributed by atoms with Crippen molar-refractivity contribution in [1.29, 1.82) is 0 Å². The topological polar surface area (TPSA) is 65.7 Å². The third kappa shape index (κ3) is 7.29. The van der Waals surface area contributed by atoms with Crippen LogP contribution in [0.1, 0.15) is 55.8 Å². The Labute approximate surface area is 192 Å². The van der Waals surface area contributed by atoms with Crippen LogP contribution in [0.5, 0.6) is 0 Å². The lowest BCUT2D eigenvalue weighted by Gasteiger charge is -2.20. The normalized spacial score (nSPS) is 11.4. The molecule has 29 heavy (non-hydrogen) atoms. The molecule has 7 heteroatoms. The number of aromatic nitrogens is 1. The molecule has 0 aliphatic rings. The molecule has 0 atom stereocenters. The molecular weight excluding hydrogens is 477 g/mol. The van der Waals surface area contributed by atoms with Crippen LogP contribution in [0.25, 0.3) is 0 Å². The summed E-state index contributed by atoms with van der Waals surface area (Å²) in [5.41, 5.74) is 4.82. The number of nitrogens with zero attached hydrogens (tertiary/aromatic N) is 3. The summed E-state index contributed by atoms with van der Waals surface area (Å²) >= 11 is 0. The summed E-state index contributed by atoms with van der Waals surface area (Å²) in [4.78, 5) is 6.80. The Bertz CT molecular complexity index is 734. The Balaban J connectivity index is 0.00000420. The maximum Gasteiger partial charge on any atom is 0.191 e. The third-order valence-corrected chi connectivity index (χ3v) is 5.12. The summed E-state index contributed by atoms with van der Waals surface area (Å²) in [6.07, 6.45) is 1.71. The quantitative estimate of drug-likeness (QED) is 0.284. The zero-order valence-corrected chi connectivity index (χ0v) is 20.7. The highest BCUT2D eigenvalue weighted by Crippen LogP contribution is 2.15. The molecule has 1 aromatic heterocycles. The standard InChI is InChI=1S/C22H35N5O.HI/c1-6-20-19(21(7-2)28-26-20)15-25-22(23-5)24-14-17-12-10-11-13-18(17)16-27(8-3)9-4;/h10-13H,6-9,14-16H2,1-5H3,(H2,23,24,25);1H. The Morgan fingerprint density at radius 2 is 1.66 bits per heavy atom. The van der Waals surface area contributed by atoms with E-state index in [9.17, 15) is 0 Å². The molecule has 1 heterocycles. The summed E-state index contributed by atoms with van der Waals surface area (Å²) in [5, 5.41) is 11.0. The van der Waals surface area contributed by atoms with Crippen LogP contribution in [0.2, 0.25) is 0 Å². The van der Waals surface area contributed by atoms with Crippen LogP contribution in [0.3, 0.4) is 0 Å². The van der Waals surface area contributed by atoms with E-state index < -0.39 is 0 Å². The van der Waals surface area contributed by atoms with Crippen LogP contribution in [0, 0.1) is 0 Å². The number of aliphatic imine (C=N–C) groups is 1. The summed E-state index contributed by atoms with van der Waals surface area (Å²) in [6, 6.07) is 8.60. The van der Waals surface area contributed by atoms with Gasteiger partial charge < -0.3 is 15.2 Å². The predicted molar refractivity (Wildman–Crippen MR) is 131 cm³/mol. The van der Waals surface area contributed by atoms with Gasteiger partial charge in [0.2, 0.25) is 0 Å². The summed E-state index contributed by atoms with van der Waals surface area (Å²) < 4.78 is 5.45. The van der Waals surface area contributed by atoms with Gasteiger partial charge in [-0.05, 0) is 30.6 Å².